The Balaban J connectivity index is 1.33. The van der Waals surface area contributed by atoms with Crippen molar-refractivity contribution in [3.63, 3.8) is 0 Å². The number of carbonyl (C=O) groups excluding carboxylic acids is 4. The Hall–Kier alpha value is -3.36. The number of carbonyl (C=O) groups is 4. The molecule has 2 aliphatic rings. The topological polar surface area (TPSA) is 104 Å². The van der Waals surface area contributed by atoms with Gasteiger partial charge in [0.05, 0.1) is 13.1 Å². The lowest BCUT2D eigenvalue weighted by Crippen LogP contribution is -2.63. The fourth-order valence-electron chi connectivity index (χ4n) is 4.44. The molecule has 1 atom stereocenters. The number of rotatable bonds is 7. The van der Waals surface area contributed by atoms with E-state index in [0.717, 1.165) is 23.9 Å². The van der Waals surface area contributed by atoms with Gasteiger partial charge >= 0.3 is 0 Å². The number of likely N-dealkylation sites (N-methyl/N-ethyl adjacent to an activating group) is 1. The lowest BCUT2D eigenvalue weighted by Gasteiger charge is -2.41. The van der Waals surface area contributed by atoms with Crippen molar-refractivity contribution in [3.05, 3.63) is 36.0 Å². The smallest absolute Gasteiger partial charge is 0.271 e. The molecule has 4 rings (SSSR count). The SMILES string of the molecule is CN1C(=O)c2cc3ccccc3n2C[C@@]1(C)C(=O)NCC(=O)NCCCN1CCCC1=O. The van der Waals surface area contributed by atoms with E-state index in [1.54, 1.807) is 14.0 Å². The van der Waals surface area contributed by atoms with Gasteiger partial charge in [-0.1, -0.05) is 18.2 Å². The standard InChI is InChI=1S/C23H29N5O4/c1-23(15-28-17-8-4-3-7-16(17)13-18(28)21(31)26(23)2)22(32)25-14-19(29)24-10-6-12-27-11-5-9-20(27)30/h3-4,7-8,13H,5-6,9-12,14-15H2,1-2H3,(H,24,29)(H,25,32)/t23-/m0/s1. The van der Waals surface area contributed by atoms with Gasteiger partial charge in [0.1, 0.15) is 11.2 Å². The summed E-state index contributed by atoms with van der Waals surface area (Å²) < 4.78 is 1.87. The molecule has 9 nitrogen and oxygen atoms in total. The lowest BCUT2D eigenvalue weighted by molar-refractivity contribution is -0.134. The molecule has 3 heterocycles. The molecule has 1 saturated heterocycles. The van der Waals surface area contributed by atoms with Crippen LogP contribution in [0.3, 0.4) is 0 Å². The predicted molar refractivity (Wildman–Crippen MR) is 119 cm³/mol. The molecule has 2 N–H and O–H groups in total. The van der Waals surface area contributed by atoms with Crippen LogP contribution in [-0.4, -0.2) is 76.8 Å². The average molecular weight is 440 g/mol. The lowest BCUT2D eigenvalue weighted by atomic mass is 9.95. The van der Waals surface area contributed by atoms with Crippen LogP contribution in [0.4, 0.5) is 0 Å². The molecule has 0 bridgehead atoms. The van der Waals surface area contributed by atoms with Gasteiger partial charge in [0.25, 0.3) is 5.91 Å². The molecular formula is C23H29N5O4. The molecule has 1 aromatic heterocycles. The average Bonchev–Trinajstić information content (AvgIpc) is 3.36. The minimum absolute atomic E-state index is 0.168. The van der Waals surface area contributed by atoms with E-state index in [1.807, 2.05) is 39.8 Å². The van der Waals surface area contributed by atoms with Crippen molar-refractivity contribution in [2.24, 2.45) is 0 Å². The second-order valence-corrected chi connectivity index (χ2v) is 8.68. The summed E-state index contributed by atoms with van der Waals surface area (Å²) in [6, 6.07) is 9.53. The molecule has 0 radical (unpaired) electrons. The Morgan fingerprint density at radius 1 is 1.16 bits per heavy atom. The highest BCUT2D eigenvalue weighted by Crippen LogP contribution is 2.31. The summed E-state index contributed by atoms with van der Waals surface area (Å²) in [4.78, 5) is 53.1. The van der Waals surface area contributed by atoms with Crippen LogP contribution in [0.15, 0.2) is 30.3 Å². The molecule has 1 aromatic carbocycles. The molecule has 0 aliphatic carbocycles. The third-order valence-electron chi connectivity index (χ3n) is 6.54. The van der Waals surface area contributed by atoms with Crippen molar-refractivity contribution in [2.45, 2.75) is 38.3 Å². The van der Waals surface area contributed by atoms with Crippen LogP contribution in [-0.2, 0) is 20.9 Å². The molecule has 170 valence electrons. The maximum Gasteiger partial charge on any atom is 0.271 e. The van der Waals surface area contributed by atoms with Crippen LogP contribution in [0.25, 0.3) is 10.9 Å². The van der Waals surface area contributed by atoms with Crippen molar-refractivity contribution in [1.82, 2.24) is 25.0 Å². The van der Waals surface area contributed by atoms with Gasteiger partial charge in [0.15, 0.2) is 0 Å². The minimum Gasteiger partial charge on any atom is -0.355 e. The van der Waals surface area contributed by atoms with E-state index in [2.05, 4.69) is 10.6 Å². The molecule has 32 heavy (non-hydrogen) atoms. The number of hydrogen-bond acceptors (Lipinski definition) is 4. The van der Waals surface area contributed by atoms with E-state index >= 15 is 0 Å². The Kier molecular flexibility index (Phi) is 5.90. The number of nitrogens with zero attached hydrogens (tertiary/aromatic N) is 3. The number of hydrogen-bond donors (Lipinski definition) is 2. The maximum absolute atomic E-state index is 13.0. The van der Waals surface area contributed by atoms with Gasteiger partial charge < -0.3 is 25.0 Å². The maximum atomic E-state index is 13.0. The zero-order chi connectivity index (χ0) is 22.9. The first-order valence-corrected chi connectivity index (χ1v) is 11.0. The van der Waals surface area contributed by atoms with Crippen molar-refractivity contribution in [1.29, 1.82) is 0 Å². The van der Waals surface area contributed by atoms with Gasteiger partial charge in [-0.3, -0.25) is 19.2 Å². The van der Waals surface area contributed by atoms with Gasteiger partial charge in [-0.05, 0) is 31.9 Å². The second-order valence-electron chi connectivity index (χ2n) is 8.68. The molecule has 0 unspecified atom stereocenters. The van der Waals surface area contributed by atoms with Crippen molar-refractivity contribution >= 4 is 34.5 Å². The zero-order valence-electron chi connectivity index (χ0n) is 18.5. The molecule has 1 fully saturated rings. The van der Waals surface area contributed by atoms with Crippen molar-refractivity contribution in [3.8, 4) is 0 Å². The molecule has 0 saturated carbocycles. The van der Waals surface area contributed by atoms with Crippen molar-refractivity contribution in [2.75, 3.05) is 33.2 Å². The minimum atomic E-state index is -1.12. The molecule has 2 aliphatic heterocycles. The van der Waals surface area contributed by atoms with Crippen molar-refractivity contribution < 1.29 is 19.2 Å². The molecule has 4 amide bonds. The summed E-state index contributed by atoms with van der Waals surface area (Å²) >= 11 is 0. The quantitative estimate of drug-likeness (QED) is 0.621. The van der Waals surface area contributed by atoms with Gasteiger partial charge in [-0.25, -0.2) is 0 Å². The predicted octanol–water partition coefficient (Wildman–Crippen LogP) is 0.731. The largest absolute Gasteiger partial charge is 0.355 e. The summed E-state index contributed by atoms with van der Waals surface area (Å²) in [5, 5.41) is 6.40. The number of benzene rings is 1. The van der Waals surface area contributed by atoms with E-state index in [9.17, 15) is 19.2 Å². The number of para-hydroxylation sites is 1. The summed E-state index contributed by atoms with van der Waals surface area (Å²) in [6.07, 6.45) is 2.17. The second kappa shape index (κ2) is 8.64. The van der Waals surface area contributed by atoms with E-state index in [0.29, 0.717) is 38.2 Å². The number of likely N-dealkylation sites (tertiary alicyclic amines) is 1. The van der Waals surface area contributed by atoms with E-state index in [-0.39, 0.29) is 30.2 Å². The molecule has 9 heteroatoms. The van der Waals surface area contributed by atoms with Gasteiger partial charge in [0.2, 0.25) is 17.7 Å². The van der Waals surface area contributed by atoms with E-state index in [1.165, 1.54) is 4.90 Å². The summed E-state index contributed by atoms with van der Waals surface area (Å²) in [6.45, 7) is 3.69. The first kappa shape index (κ1) is 21.9. The van der Waals surface area contributed by atoms with Gasteiger partial charge in [0, 0.05) is 44.0 Å². The Morgan fingerprint density at radius 2 is 1.94 bits per heavy atom. The highest BCUT2D eigenvalue weighted by Gasteiger charge is 2.45. The molecule has 0 spiro atoms. The van der Waals surface area contributed by atoms with Gasteiger partial charge in [-0.2, -0.15) is 0 Å². The third kappa shape index (κ3) is 3.94. The van der Waals surface area contributed by atoms with Crippen LogP contribution in [0.1, 0.15) is 36.7 Å². The van der Waals surface area contributed by atoms with Crippen LogP contribution in [0.2, 0.25) is 0 Å². The van der Waals surface area contributed by atoms with Crippen LogP contribution < -0.4 is 10.6 Å². The number of fused-ring (bicyclic) bond motifs is 3. The number of amides is 4. The summed E-state index contributed by atoms with van der Waals surface area (Å²) in [5.41, 5.74) is 0.327. The van der Waals surface area contributed by atoms with Crippen LogP contribution >= 0.6 is 0 Å². The summed E-state index contributed by atoms with van der Waals surface area (Å²) in [5.74, 6) is -0.742. The zero-order valence-corrected chi connectivity index (χ0v) is 18.5. The Bertz CT molecular complexity index is 1080. The monoisotopic (exact) mass is 439 g/mol. The third-order valence-corrected chi connectivity index (χ3v) is 6.54. The highest BCUT2D eigenvalue weighted by atomic mass is 16.2. The fourth-order valence-corrected chi connectivity index (χ4v) is 4.44. The highest BCUT2D eigenvalue weighted by molar-refractivity contribution is 6.03. The number of nitrogens with one attached hydrogen (secondary N) is 2. The molecule has 2 aromatic rings. The van der Waals surface area contributed by atoms with Crippen LogP contribution in [0.5, 0.6) is 0 Å². The van der Waals surface area contributed by atoms with Gasteiger partial charge in [-0.15, -0.1) is 0 Å². The van der Waals surface area contributed by atoms with Crippen LogP contribution in [0, 0.1) is 0 Å². The Labute approximate surface area is 186 Å². The fraction of sp³-hybridized carbons (Fsp3) is 0.478. The normalized spacial score (nSPS) is 20.6. The Morgan fingerprint density at radius 3 is 2.69 bits per heavy atom. The first-order valence-electron chi connectivity index (χ1n) is 11.0. The summed E-state index contributed by atoms with van der Waals surface area (Å²) in [7, 11) is 1.61. The number of aromatic nitrogens is 1. The van der Waals surface area contributed by atoms with E-state index in [4.69, 9.17) is 0 Å². The first-order chi connectivity index (χ1) is 15.3. The van der Waals surface area contributed by atoms with E-state index < -0.39 is 5.54 Å². The molecular weight excluding hydrogens is 410 g/mol.